The molecule has 1 N–H and O–H groups in total. The quantitative estimate of drug-likeness (QED) is 0.802. The van der Waals surface area contributed by atoms with E-state index in [1.54, 1.807) is 18.5 Å². The molecule has 0 amide bonds. The minimum Gasteiger partial charge on any atom is -0.334 e. The van der Waals surface area contributed by atoms with Crippen LogP contribution in [0.25, 0.3) is 11.0 Å². The highest BCUT2D eigenvalue weighted by Crippen LogP contribution is 2.25. The van der Waals surface area contributed by atoms with Gasteiger partial charge in [0.15, 0.2) is 0 Å². The number of nitrogens with one attached hydrogen (secondary N) is 1. The Kier molecular flexibility index (Phi) is 3.64. The molecule has 2 aromatic carbocycles. The number of imidazole rings is 1. The van der Waals surface area contributed by atoms with Crippen LogP contribution in [0.1, 0.15) is 16.7 Å². The second kappa shape index (κ2) is 5.38. The van der Waals surface area contributed by atoms with Crippen LogP contribution in [0.3, 0.4) is 0 Å². The lowest BCUT2D eigenvalue weighted by atomic mass is 10.1. The lowest BCUT2D eigenvalue weighted by Crippen LogP contribution is -2.16. The Morgan fingerprint density at radius 3 is 2.35 bits per heavy atom. The van der Waals surface area contributed by atoms with E-state index < -0.39 is 10.0 Å². The Morgan fingerprint density at radius 1 is 1.04 bits per heavy atom. The summed E-state index contributed by atoms with van der Waals surface area (Å²) in [4.78, 5) is 4.59. The van der Waals surface area contributed by atoms with Gasteiger partial charge in [-0.1, -0.05) is 17.7 Å². The largest absolute Gasteiger partial charge is 0.334 e. The number of aryl methyl sites for hydroxylation is 4. The highest BCUT2D eigenvalue weighted by molar-refractivity contribution is 7.92. The van der Waals surface area contributed by atoms with Crippen LogP contribution in [0.4, 0.5) is 5.69 Å². The molecule has 1 aromatic heterocycles. The van der Waals surface area contributed by atoms with Gasteiger partial charge in [-0.15, -0.1) is 0 Å². The first-order chi connectivity index (χ1) is 10.8. The third-order valence-corrected chi connectivity index (χ3v) is 5.54. The lowest BCUT2D eigenvalue weighted by Gasteiger charge is -2.14. The SMILES string of the molecule is Cc1cc(C)c(S(=O)(=O)Nc2ccc3c(c2)ncn3C)c(C)c1. The van der Waals surface area contributed by atoms with Gasteiger partial charge in [-0.25, -0.2) is 13.4 Å². The second-order valence-corrected chi connectivity index (χ2v) is 7.51. The predicted molar refractivity (Wildman–Crippen MR) is 92.2 cm³/mol. The number of hydrogen-bond donors (Lipinski definition) is 1. The summed E-state index contributed by atoms with van der Waals surface area (Å²) >= 11 is 0. The van der Waals surface area contributed by atoms with E-state index in [-0.39, 0.29) is 0 Å². The van der Waals surface area contributed by atoms with Gasteiger partial charge in [-0.2, -0.15) is 0 Å². The molecule has 0 radical (unpaired) electrons. The molecular weight excluding hydrogens is 310 g/mol. The Bertz CT molecular complexity index is 981. The van der Waals surface area contributed by atoms with Crippen molar-refractivity contribution in [2.75, 3.05) is 4.72 Å². The van der Waals surface area contributed by atoms with Gasteiger partial charge in [0.2, 0.25) is 0 Å². The summed E-state index contributed by atoms with van der Waals surface area (Å²) in [7, 11) is -1.74. The third kappa shape index (κ3) is 2.82. The van der Waals surface area contributed by atoms with Crippen LogP contribution in [0.2, 0.25) is 0 Å². The smallest absolute Gasteiger partial charge is 0.262 e. The van der Waals surface area contributed by atoms with Crippen LogP contribution in [0.5, 0.6) is 0 Å². The van der Waals surface area contributed by atoms with Gasteiger partial charge in [0.05, 0.1) is 27.9 Å². The van der Waals surface area contributed by atoms with E-state index >= 15 is 0 Å². The van der Waals surface area contributed by atoms with Crippen molar-refractivity contribution in [3.05, 3.63) is 53.3 Å². The minimum atomic E-state index is -3.64. The number of sulfonamides is 1. The molecule has 5 nitrogen and oxygen atoms in total. The van der Waals surface area contributed by atoms with Crippen molar-refractivity contribution >= 4 is 26.7 Å². The molecule has 0 aliphatic carbocycles. The molecular formula is C17H19N3O2S. The van der Waals surface area contributed by atoms with Gasteiger partial charge >= 0.3 is 0 Å². The average Bonchev–Trinajstić information content (AvgIpc) is 2.77. The fraction of sp³-hybridized carbons (Fsp3) is 0.235. The zero-order chi connectivity index (χ0) is 16.8. The van der Waals surface area contributed by atoms with Gasteiger partial charge in [-0.3, -0.25) is 4.72 Å². The lowest BCUT2D eigenvalue weighted by molar-refractivity contribution is 0.600. The second-order valence-electron chi connectivity index (χ2n) is 5.89. The molecule has 3 aromatic rings. The molecule has 0 fully saturated rings. The van der Waals surface area contributed by atoms with Crippen molar-refractivity contribution in [2.45, 2.75) is 25.7 Å². The van der Waals surface area contributed by atoms with Crippen molar-refractivity contribution < 1.29 is 8.42 Å². The third-order valence-electron chi connectivity index (χ3n) is 3.85. The number of aromatic nitrogens is 2. The molecule has 0 atom stereocenters. The van der Waals surface area contributed by atoms with Crippen LogP contribution >= 0.6 is 0 Å². The molecule has 0 saturated heterocycles. The van der Waals surface area contributed by atoms with Crippen LogP contribution in [-0.4, -0.2) is 18.0 Å². The van der Waals surface area contributed by atoms with Crippen LogP contribution in [0, 0.1) is 20.8 Å². The number of fused-ring (bicyclic) bond motifs is 1. The molecule has 3 rings (SSSR count). The zero-order valence-corrected chi connectivity index (χ0v) is 14.4. The molecule has 23 heavy (non-hydrogen) atoms. The van der Waals surface area contributed by atoms with E-state index in [1.165, 1.54) is 0 Å². The number of benzene rings is 2. The van der Waals surface area contributed by atoms with Gasteiger partial charge in [0.25, 0.3) is 10.0 Å². The summed E-state index contributed by atoms with van der Waals surface area (Å²) in [5.41, 5.74) is 4.76. The topological polar surface area (TPSA) is 64.0 Å². The van der Waals surface area contributed by atoms with Gasteiger partial charge in [0, 0.05) is 7.05 Å². The number of nitrogens with zero attached hydrogens (tertiary/aromatic N) is 2. The molecule has 0 unspecified atom stereocenters. The van der Waals surface area contributed by atoms with E-state index in [1.807, 2.05) is 50.6 Å². The maximum Gasteiger partial charge on any atom is 0.262 e. The number of hydrogen-bond acceptors (Lipinski definition) is 3. The monoisotopic (exact) mass is 329 g/mol. The first kappa shape index (κ1) is 15.6. The van der Waals surface area contributed by atoms with Crippen molar-refractivity contribution in [1.82, 2.24) is 9.55 Å². The molecule has 6 heteroatoms. The van der Waals surface area contributed by atoms with E-state index in [0.717, 1.165) is 27.7 Å². The molecule has 1 heterocycles. The van der Waals surface area contributed by atoms with Crippen LogP contribution in [0.15, 0.2) is 41.6 Å². The van der Waals surface area contributed by atoms with Crippen LogP contribution < -0.4 is 4.72 Å². The highest BCUT2D eigenvalue weighted by atomic mass is 32.2. The number of rotatable bonds is 3. The summed E-state index contributed by atoms with van der Waals surface area (Å²) in [6.07, 6.45) is 1.71. The summed E-state index contributed by atoms with van der Waals surface area (Å²) < 4.78 is 30.1. The minimum absolute atomic E-state index is 0.337. The van der Waals surface area contributed by atoms with Crippen molar-refractivity contribution in [3.8, 4) is 0 Å². The first-order valence-electron chi connectivity index (χ1n) is 7.30. The molecule has 0 spiro atoms. The molecule has 0 saturated carbocycles. The van der Waals surface area contributed by atoms with Crippen molar-refractivity contribution in [3.63, 3.8) is 0 Å². The van der Waals surface area contributed by atoms with Gasteiger partial charge in [0.1, 0.15) is 0 Å². The standard InChI is InChI=1S/C17H19N3O2S/c1-11-7-12(2)17(13(3)8-11)23(21,22)19-14-5-6-16-15(9-14)18-10-20(16)4/h5-10,19H,1-4H3. The maximum absolute atomic E-state index is 12.8. The van der Waals surface area contributed by atoms with Gasteiger partial charge in [-0.05, 0) is 50.1 Å². The number of anilines is 1. The Labute approximate surface area is 136 Å². The Hall–Kier alpha value is -2.34. The molecule has 120 valence electrons. The predicted octanol–water partition coefficient (Wildman–Crippen LogP) is 3.30. The van der Waals surface area contributed by atoms with Crippen molar-refractivity contribution in [2.24, 2.45) is 7.05 Å². The fourth-order valence-electron chi connectivity index (χ4n) is 3.00. The highest BCUT2D eigenvalue weighted by Gasteiger charge is 2.20. The average molecular weight is 329 g/mol. The Morgan fingerprint density at radius 2 is 1.70 bits per heavy atom. The normalized spacial score (nSPS) is 11.8. The maximum atomic E-state index is 12.8. The van der Waals surface area contributed by atoms with E-state index in [0.29, 0.717) is 10.6 Å². The van der Waals surface area contributed by atoms with Gasteiger partial charge < -0.3 is 4.57 Å². The molecule has 0 bridgehead atoms. The van der Waals surface area contributed by atoms with E-state index in [2.05, 4.69) is 9.71 Å². The summed E-state index contributed by atoms with van der Waals surface area (Å²) in [6, 6.07) is 9.11. The fourth-order valence-corrected chi connectivity index (χ4v) is 4.50. The summed E-state index contributed by atoms with van der Waals surface area (Å²) in [5, 5.41) is 0. The van der Waals surface area contributed by atoms with E-state index in [9.17, 15) is 8.42 Å². The Balaban J connectivity index is 2.03. The van der Waals surface area contributed by atoms with Crippen LogP contribution in [-0.2, 0) is 17.1 Å². The summed E-state index contributed by atoms with van der Waals surface area (Å²) in [6.45, 7) is 5.59. The molecule has 0 aliphatic rings. The summed E-state index contributed by atoms with van der Waals surface area (Å²) in [5.74, 6) is 0. The van der Waals surface area contributed by atoms with Crippen molar-refractivity contribution in [1.29, 1.82) is 0 Å². The first-order valence-corrected chi connectivity index (χ1v) is 8.78. The van der Waals surface area contributed by atoms with E-state index in [4.69, 9.17) is 0 Å². The molecule has 0 aliphatic heterocycles. The zero-order valence-electron chi connectivity index (χ0n) is 13.6.